The van der Waals surface area contributed by atoms with Gasteiger partial charge in [-0.3, -0.25) is 10.2 Å². The first-order valence-electron chi connectivity index (χ1n) is 8.00. The quantitative estimate of drug-likeness (QED) is 0.394. The molecule has 2 aromatic carbocycles. The molecule has 0 heterocycles. The van der Waals surface area contributed by atoms with Crippen LogP contribution in [0.2, 0.25) is 0 Å². The molecule has 0 radical (unpaired) electrons. The van der Waals surface area contributed by atoms with Gasteiger partial charge in [-0.05, 0) is 42.2 Å². The van der Waals surface area contributed by atoms with E-state index < -0.39 is 0 Å². The summed E-state index contributed by atoms with van der Waals surface area (Å²) < 4.78 is 1.05. The highest BCUT2D eigenvalue weighted by molar-refractivity contribution is 9.10. The van der Waals surface area contributed by atoms with E-state index in [-0.39, 0.29) is 5.78 Å². The van der Waals surface area contributed by atoms with Crippen molar-refractivity contribution < 1.29 is 4.79 Å². The summed E-state index contributed by atoms with van der Waals surface area (Å²) in [5.41, 5.74) is 6.35. The number of aryl methyl sites for hydroxylation is 1. The first kappa shape index (κ1) is 18.6. The van der Waals surface area contributed by atoms with Crippen molar-refractivity contribution in [2.24, 2.45) is 0 Å². The number of likely N-dealkylation sites (N-methyl/N-ethyl adjacent to an activating group) is 1. The number of halogens is 1. The molecular weight excluding hydrogens is 364 g/mol. The van der Waals surface area contributed by atoms with E-state index in [9.17, 15) is 4.79 Å². The van der Waals surface area contributed by atoms with Crippen molar-refractivity contribution in [2.75, 3.05) is 13.6 Å². The van der Waals surface area contributed by atoms with Gasteiger partial charge in [-0.25, -0.2) is 5.01 Å². The molecule has 0 aliphatic heterocycles. The van der Waals surface area contributed by atoms with Crippen LogP contribution in [-0.2, 0) is 13.0 Å². The van der Waals surface area contributed by atoms with E-state index in [1.165, 1.54) is 5.56 Å². The Morgan fingerprint density at radius 3 is 2.71 bits per heavy atom. The van der Waals surface area contributed by atoms with Gasteiger partial charge in [0.15, 0.2) is 5.78 Å². The molecule has 0 aliphatic rings. The molecule has 0 fully saturated rings. The van der Waals surface area contributed by atoms with E-state index in [2.05, 4.69) is 46.1 Å². The van der Waals surface area contributed by atoms with Gasteiger partial charge in [-0.1, -0.05) is 52.3 Å². The molecule has 0 spiro atoms. The zero-order valence-electron chi connectivity index (χ0n) is 14.0. The van der Waals surface area contributed by atoms with Crippen molar-refractivity contribution in [2.45, 2.75) is 19.4 Å². The van der Waals surface area contributed by atoms with Crippen LogP contribution in [0, 0.1) is 0 Å². The molecule has 2 rings (SSSR count). The number of ketones is 1. The summed E-state index contributed by atoms with van der Waals surface area (Å²) in [6.45, 7) is 4.75. The summed E-state index contributed by atoms with van der Waals surface area (Å²) in [5.74, 6) is 0.111. The van der Waals surface area contributed by atoms with Crippen LogP contribution in [0.1, 0.15) is 27.9 Å². The number of hydrogen-bond acceptors (Lipinski definition) is 3. The van der Waals surface area contributed by atoms with E-state index in [0.717, 1.165) is 28.4 Å². The zero-order valence-corrected chi connectivity index (χ0v) is 15.6. The highest BCUT2D eigenvalue weighted by Gasteiger charge is 2.10. The summed E-state index contributed by atoms with van der Waals surface area (Å²) >= 11 is 3.46. The van der Waals surface area contributed by atoms with E-state index in [4.69, 9.17) is 0 Å². The van der Waals surface area contributed by atoms with Gasteiger partial charge in [0, 0.05) is 23.6 Å². The van der Waals surface area contributed by atoms with Crippen LogP contribution in [0.3, 0.4) is 0 Å². The third-order valence-corrected chi connectivity index (χ3v) is 4.20. The molecule has 0 unspecified atom stereocenters. The van der Waals surface area contributed by atoms with E-state index in [1.54, 1.807) is 0 Å². The van der Waals surface area contributed by atoms with Crippen molar-refractivity contribution in [1.29, 1.82) is 0 Å². The van der Waals surface area contributed by atoms with Crippen molar-refractivity contribution >= 4 is 21.7 Å². The van der Waals surface area contributed by atoms with Gasteiger partial charge in [-0.15, -0.1) is 6.58 Å². The van der Waals surface area contributed by atoms with Gasteiger partial charge >= 0.3 is 0 Å². The first-order chi connectivity index (χ1) is 11.6. The Balaban J connectivity index is 1.88. The fourth-order valence-electron chi connectivity index (χ4n) is 2.40. The number of hydrazine groups is 1. The summed E-state index contributed by atoms with van der Waals surface area (Å²) in [7, 11) is 1.89. The predicted molar refractivity (Wildman–Crippen MR) is 103 cm³/mol. The molecule has 0 saturated carbocycles. The number of hydrogen-bond donors (Lipinski definition) is 1. The standard InChI is InChI=1S/C20H23BrN2O/c1-3-4-7-16-8-5-10-18(12-16)20(24)15-23(2)22-14-17-9-6-11-19(21)13-17/h3,5-6,8-13,22H,1,4,7,14-15H2,2H3. The lowest BCUT2D eigenvalue weighted by Gasteiger charge is -2.17. The van der Waals surface area contributed by atoms with Crippen LogP contribution in [0.15, 0.2) is 65.7 Å². The van der Waals surface area contributed by atoms with E-state index >= 15 is 0 Å². The van der Waals surface area contributed by atoms with Crippen LogP contribution >= 0.6 is 15.9 Å². The monoisotopic (exact) mass is 386 g/mol. The second-order valence-electron chi connectivity index (χ2n) is 5.77. The number of carbonyl (C=O) groups is 1. The molecule has 126 valence electrons. The zero-order chi connectivity index (χ0) is 17.4. The third-order valence-electron chi connectivity index (χ3n) is 3.71. The van der Waals surface area contributed by atoms with Gasteiger partial charge in [-0.2, -0.15) is 0 Å². The number of allylic oxidation sites excluding steroid dienone is 1. The van der Waals surface area contributed by atoms with Crippen molar-refractivity contribution in [3.8, 4) is 0 Å². The Morgan fingerprint density at radius 2 is 1.96 bits per heavy atom. The smallest absolute Gasteiger partial charge is 0.178 e. The highest BCUT2D eigenvalue weighted by Crippen LogP contribution is 2.12. The maximum absolute atomic E-state index is 12.4. The van der Waals surface area contributed by atoms with Gasteiger partial charge in [0.2, 0.25) is 0 Å². The predicted octanol–water partition coefficient (Wildman–Crippen LogP) is 4.39. The summed E-state index contributed by atoms with van der Waals surface area (Å²) in [6.07, 6.45) is 3.74. The first-order valence-corrected chi connectivity index (χ1v) is 8.80. The number of benzene rings is 2. The molecular formula is C20H23BrN2O. The average molecular weight is 387 g/mol. The number of rotatable bonds is 9. The molecule has 24 heavy (non-hydrogen) atoms. The topological polar surface area (TPSA) is 32.3 Å². The Morgan fingerprint density at radius 1 is 1.21 bits per heavy atom. The van der Waals surface area contributed by atoms with E-state index in [0.29, 0.717) is 13.1 Å². The molecule has 3 nitrogen and oxygen atoms in total. The average Bonchev–Trinajstić information content (AvgIpc) is 2.58. The largest absolute Gasteiger partial charge is 0.293 e. The van der Waals surface area contributed by atoms with Crippen LogP contribution < -0.4 is 5.43 Å². The minimum Gasteiger partial charge on any atom is -0.293 e. The molecule has 4 heteroatoms. The Hall–Kier alpha value is -1.75. The molecule has 0 atom stereocenters. The maximum atomic E-state index is 12.4. The normalized spacial score (nSPS) is 10.8. The number of Topliss-reactive ketones (excluding diaryl/α,β-unsaturated/α-hetero) is 1. The lowest BCUT2D eigenvalue weighted by molar-refractivity contribution is 0.0911. The van der Waals surface area contributed by atoms with Gasteiger partial charge < -0.3 is 0 Å². The lowest BCUT2D eigenvalue weighted by Crippen LogP contribution is -2.37. The summed E-state index contributed by atoms with van der Waals surface area (Å²) in [4.78, 5) is 12.4. The molecule has 0 amide bonds. The summed E-state index contributed by atoms with van der Waals surface area (Å²) in [5, 5.41) is 1.83. The van der Waals surface area contributed by atoms with Crippen molar-refractivity contribution in [1.82, 2.24) is 10.4 Å². The fourth-order valence-corrected chi connectivity index (χ4v) is 2.85. The van der Waals surface area contributed by atoms with Crippen LogP contribution in [-0.4, -0.2) is 24.4 Å². The second-order valence-corrected chi connectivity index (χ2v) is 6.69. The second kappa shape index (κ2) is 9.52. The van der Waals surface area contributed by atoms with Gasteiger partial charge in [0.1, 0.15) is 0 Å². The molecule has 0 aliphatic carbocycles. The van der Waals surface area contributed by atoms with E-state index in [1.807, 2.05) is 48.5 Å². The fraction of sp³-hybridized carbons (Fsp3) is 0.250. The SMILES string of the molecule is C=CCCc1cccc(C(=O)CN(C)NCc2cccc(Br)c2)c1. The summed E-state index contributed by atoms with van der Waals surface area (Å²) in [6, 6.07) is 16.0. The Bertz CT molecular complexity index is 700. The van der Waals surface area contributed by atoms with Gasteiger partial charge in [0.25, 0.3) is 0 Å². The number of nitrogens with zero attached hydrogens (tertiary/aromatic N) is 1. The number of nitrogens with one attached hydrogen (secondary N) is 1. The molecule has 0 aromatic heterocycles. The van der Waals surface area contributed by atoms with Crippen LogP contribution in [0.5, 0.6) is 0 Å². The maximum Gasteiger partial charge on any atom is 0.178 e. The minimum atomic E-state index is 0.111. The Kier molecular flexibility index (Phi) is 7.37. The van der Waals surface area contributed by atoms with Crippen molar-refractivity contribution in [3.05, 3.63) is 82.3 Å². The number of carbonyl (C=O) groups excluding carboxylic acids is 1. The van der Waals surface area contributed by atoms with Crippen LogP contribution in [0.4, 0.5) is 0 Å². The van der Waals surface area contributed by atoms with Gasteiger partial charge in [0.05, 0.1) is 6.54 Å². The molecule has 0 bridgehead atoms. The minimum absolute atomic E-state index is 0.111. The molecule has 1 N–H and O–H groups in total. The van der Waals surface area contributed by atoms with Crippen LogP contribution in [0.25, 0.3) is 0 Å². The lowest BCUT2D eigenvalue weighted by atomic mass is 10.0. The third kappa shape index (κ3) is 6.04. The molecule has 2 aromatic rings. The Labute approximate surface area is 152 Å². The highest BCUT2D eigenvalue weighted by atomic mass is 79.9. The van der Waals surface area contributed by atoms with Crippen molar-refractivity contribution in [3.63, 3.8) is 0 Å². The molecule has 0 saturated heterocycles.